The zero-order chi connectivity index (χ0) is 23.5. The van der Waals surface area contributed by atoms with Crippen LogP contribution in [0.15, 0.2) is 29.3 Å². The third-order valence-corrected chi connectivity index (χ3v) is 6.83. The van der Waals surface area contributed by atoms with Gasteiger partial charge in [0.25, 0.3) is 17.2 Å². The van der Waals surface area contributed by atoms with Gasteiger partial charge in [0.15, 0.2) is 6.61 Å². The molecule has 1 aliphatic carbocycles. The highest BCUT2D eigenvalue weighted by atomic mass is 35.5. The molecule has 0 spiro atoms. The lowest BCUT2D eigenvalue weighted by molar-refractivity contribution is -0.384. The summed E-state index contributed by atoms with van der Waals surface area (Å²) in [5.41, 5.74) is 0.698. The number of carbonyl (C=O) groups is 2. The summed E-state index contributed by atoms with van der Waals surface area (Å²) in [6, 6.07) is 3.60. The van der Waals surface area contributed by atoms with E-state index in [0.717, 1.165) is 42.1 Å². The van der Waals surface area contributed by atoms with Gasteiger partial charge in [0.1, 0.15) is 4.83 Å². The number of nitro groups is 1. The molecular formula is C21H19ClN4O6S. The Morgan fingerprint density at radius 3 is 2.88 bits per heavy atom. The summed E-state index contributed by atoms with van der Waals surface area (Å²) in [5.74, 6) is -1.37. The molecule has 172 valence electrons. The number of anilines is 1. The van der Waals surface area contributed by atoms with Gasteiger partial charge < -0.3 is 10.1 Å². The molecule has 33 heavy (non-hydrogen) atoms. The molecule has 0 atom stereocenters. The number of aryl methyl sites for hydroxylation is 3. The smallest absolute Gasteiger partial charge is 0.308 e. The van der Waals surface area contributed by atoms with Gasteiger partial charge in [-0.15, -0.1) is 11.3 Å². The summed E-state index contributed by atoms with van der Waals surface area (Å²) in [5, 5.41) is 14.0. The van der Waals surface area contributed by atoms with E-state index >= 15 is 0 Å². The zero-order valence-electron chi connectivity index (χ0n) is 17.3. The second-order valence-electron chi connectivity index (χ2n) is 7.51. The molecule has 10 nitrogen and oxygen atoms in total. The van der Waals surface area contributed by atoms with Crippen LogP contribution in [0.3, 0.4) is 0 Å². The van der Waals surface area contributed by atoms with Gasteiger partial charge in [-0.2, -0.15) is 0 Å². The molecule has 0 bridgehead atoms. The molecule has 0 fully saturated rings. The summed E-state index contributed by atoms with van der Waals surface area (Å²) in [6.45, 7) is -0.522. The minimum atomic E-state index is -0.698. The average Bonchev–Trinajstić information content (AvgIpc) is 3.18. The number of fused-ring (bicyclic) bond motifs is 3. The second-order valence-corrected chi connectivity index (χ2v) is 9.01. The van der Waals surface area contributed by atoms with E-state index in [0.29, 0.717) is 5.39 Å². The van der Waals surface area contributed by atoms with Crippen molar-refractivity contribution in [1.82, 2.24) is 9.55 Å². The Morgan fingerprint density at radius 2 is 2.09 bits per heavy atom. The molecule has 0 unspecified atom stereocenters. The first-order valence-electron chi connectivity index (χ1n) is 10.2. The molecular weight excluding hydrogens is 472 g/mol. The third-order valence-electron chi connectivity index (χ3n) is 5.30. The van der Waals surface area contributed by atoms with Crippen molar-refractivity contribution >= 4 is 56.4 Å². The van der Waals surface area contributed by atoms with E-state index in [1.54, 1.807) is 11.3 Å². The van der Waals surface area contributed by atoms with Crippen LogP contribution in [0.1, 0.15) is 29.7 Å². The number of esters is 1. The van der Waals surface area contributed by atoms with Gasteiger partial charge in [-0.1, -0.05) is 11.6 Å². The van der Waals surface area contributed by atoms with E-state index in [1.807, 2.05) is 0 Å². The lowest BCUT2D eigenvalue weighted by Crippen LogP contribution is -2.24. The highest BCUT2D eigenvalue weighted by Crippen LogP contribution is 2.33. The molecule has 2 heterocycles. The highest BCUT2D eigenvalue weighted by Gasteiger charge is 2.20. The summed E-state index contributed by atoms with van der Waals surface area (Å²) in [4.78, 5) is 53.6. The number of nitrogens with zero attached hydrogens (tertiary/aromatic N) is 3. The normalized spacial score (nSPS) is 12.9. The third kappa shape index (κ3) is 5.04. The topological polar surface area (TPSA) is 133 Å². The number of benzene rings is 1. The van der Waals surface area contributed by atoms with E-state index in [1.165, 1.54) is 27.9 Å². The van der Waals surface area contributed by atoms with Crippen molar-refractivity contribution in [3.8, 4) is 0 Å². The summed E-state index contributed by atoms with van der Waals surface area (Å²) in [7, 11) is 0. The number of hydrogen-bond donors (Lipinski definition) is 1. The molecule has 4 rings (SSSR count). The Balaban J connectivity index is 1.34. The maximum Gasteiger partial charge on any atom is 0.308 e. The fraction of sp³-hybridized carbons (Fsp3) is 0.333. The van der Waals surface area contributed by atoms with Gasteiger partial charge in [-0.05, 0) is 37.3 Å². The predicted molar refractivity (Wildman–Crippen MR) is 123 cm³/mol. The minimum absolute atomic E-state index is 0.0388. The summed E-state index contributed by atoms with van der Waals surface area (Å²) in [6.07, 6.45) is 5.29. The van der Waals surface area contributed by atoms with Gasteiger partial charge in [-0.25, -0.2) is 4.98 Å². The fourth-order valence-corrected chi connectivity index (χ4v) is 5.06. The van der Waals surface area contributed by atoms with Crippen LogP contribution >= 0.6 is 22.9 Å². The van der Waals surface area contributed by atoms with Crippen LogP contribution in [-0.4, -0.2) is 33.0 Å². The number of amides is 1. The maximum absolute atomic E-state index is 12.9. The van der Waals surface area contributed by atoms with Crippen LogP contribution in [-0.2, 0) is 33.7 Å². The van der Waals surface area contributed by atoms with Gasteiger partial charge in [0, 0.05) is 23.6 Å². The standard InChI is InChI=1S/C21H19ClN4O6S/c22-14-6-5-12(26(30)31)9-15(14)24-17(27)10-32-18(28)7-8-25-11-23-20-19(21(25)29)13-3-1-2-4-16(13)33-20/h5-6,9,11H,1-4,7-8,10H2,(H,24,27). The van der Waals surface area contributed by atoms with Crippen molar-refractivity contribution in [1.29, 1.82) is 0 Å². The van der Waals surface area contributed by atoms with Crippen LogP contribution in [0, 0.1) is 10.1 Å². The van der Waals surface area contributed by atoms with Gasteiger partial charge in [0.2, 0.25) is 0 Å². The molecule has 3 aromatic rings. The number of aromatic nitrogens is 2. The first-order valence-corrected chi connectivity index (χ1v) is 11.4. The van der Waals surface area contributed by atoms with Crippen molar-refractivity contribution in [2.75, 3.05) is 11.9 Å². The number of halogens is 1. The number of carbonyl (C=O) groups excluding carboxylic acids is 2. The van der Waals surface area contributed by atoms with Crippen LogP contribution in [0.4, 0.5) is 11.4 Å². The number of ether oxygens (including phenoxy) is 1. The molecule has 1 N–H and O–H groups in total. The molecule has 12 heteroatoms. The Morgan fingerprint density at radius 1 is 1.30 bits per heavy atom. The van der Waals surface area contributed by atoms with E-state index in [9.17, 15) is 24.5 Å². The number of nitrogens with one attached hydrogen (secondary N) is 1. The molecule has 1 aromatic carbocycles. The lowest BCUT2D eigenvalue weighted by atomic mass is 9.97. The quantitative estimate of drug-likeness (QED) is 0.304. The Bertz CT molecular complexity index is 1320. The first-order chi connectivity index (χ1) is 15.8. The molecule has 1 amide bonds. The monoisotopic (exact) mass is 490 g/mol. The molecule has 1 aliphatic rings. The Labute approximate surface area is 196 Å². The van der Waals surface area contributed by atoms with Crippen LogP contribution in [0.5, 0.6) is 0 Å². The van der Waals surface area contributed by atoms with Gasteiger partial charge >= 0.3 is 5.97 Å². The van der Waals surface area contributed by atoms with E-state index in [-0.39, 0.29) is 34.9 Å². The summed E-state index contributed by atoms with van der Waals surface area (Å²) >= 11 is 7.49. The van der Waals surface area contributed by atoms with E-state index < -0.39 is 23.4 Å². The average molecular weight is 491 g/mol. The minimum Gasteiger partial charge on any atom is -0.456 e. The van der Waals surface area contributed by atoms with Crippen molar-refractivity contribution in [2.45, 2.75) is 38.6 Å². The fourth-order valence-electron chi connectivity index (χ4n) is 3.68. The number of nitro benzene ring substituents is 1. The zero-order valence-corrected chi connectivity index (χ0v) is 18.9. The first kappa shape index (κ1) is 22.9. The highest BCUT2D eigenvalue weighted by molar-refractivity contribution is 7.18. The molecule has 0 saturated carbocycles. The van der Waals surface area contributed by atoms with E-state index in [4.69, 9.17) is 16.3 Å². The molecule has 0 saturated heterocycles. The van der Waals surface area contributed by atoms with Crippen molar-refractivity contribution < 1.29 is 19.2 Å². The molecule has 0 aliphatic heterocycles. The molecule has 2 aromatic heterocycles. The van der Waals surface area contributed by atoms with Crippen molar-refractivity contribution in [2.24, 2.45) is 0 Å². The van der Waals surface area contributed by atoms with Gasteiger partial charge in [0.05, 0.1) is 33.8 Å². The van der Waals surface area contributed by atoms with Crippen LogP contribution in [0.25, 0.3) is 10.2 Å². The maximum atomic E-state index is 12.9. The van der Waals surface area contributed by atoms with Crippen LogP contribution in [0.2, 0.25) is 5.02 Å². The lowest BCUT2D eigenvalue weighted by Gasteiger charge is -2.10. The molecule has 0 radical (unpaired) electrons. The van der Waals surface area contributed by atoms with Crippen LogP contribution < -0.4 is 10.9 Å². The number of hydrogen-bond acceptors (Lipinski definition) is 8. The van der Waals surface area contributed by atoms with E-state index in [2.05, 4.69) is 10.3 Å². The van der Waals surface area contributed by atoms with Crippen molar-refractivity contribution in [3.63, 3.8) is 0 Å². The predicted octanol–water partition coefficient (Wildman–Crippen LogP) is 3.47. The van der Waals surface area contributed by atoms with Gasteiger partial charge in [-0.3, -0.25) is 29.1 Å². The number of non-ortho nitro benzene ring substituents is 1. The number of thiophene rings is 1. The Hall–Kier alpha value is -3.31. The Kier molecular flexibility index (Phi) is 6.70. The largest absolute Gasteiger partial charge is 0.456 e. The second kappa shape index (κ2) is 9.67. The number of rotatable bonds is 7. The SMILES string of the molecule is O=C(COC(=O)CCn1cnc2sc3c(c2c1=O)CCCC3)Nc1cc([N+](=O)[O-])ccc1Cl. The summed E-state index contributed by atoms with van der Waals surface area (Å²) < 4.78 is 6.34. The van der Waals surface area contributed by atoms with Crippen molar-refractivity contribution in [3.05, 3.63) is 60.5 Å².